The molecule has 0 unspecified atom stereocenters. The van der Waals surface area contributed by atoms with Crippen molar-refractivity contribution in [2.45, 2.75) is 101 Å². The van der Waals surface area contributed by atoms with E-state index in [2.05, 4.69) is 20.3 Å². The molecule has 1 aromatic heterocycles. The lowest BCUT2D eigenvalue weighted by Crippen LogP contribution is -2.60. The molecule has 58 heavy (non-hydrogen) atoms. The maximum Gasteiger partial charge on any atom is 0.408 e. The third kappa shape index (κ3) is 8.79. The first-order chi connectivity index (χ1) is 27.4. The van der Waals surface area contributed by atoms with Crippen molar-refractivity contribution in [3.63, 3.8) is 0 Å². The van der Waals surface area contributed by atoms with Crippen molar-refractivity contribution >= 4 is 62.9 Å². The van der Waals surface area contributed by atoms with Crippen LogP contribution in [0.2, 0.25) is 10.0 Å². The second-order valence-electron chi connectivity index (χ2n) is 17.0. The Balaban J connectivity index is 1.18. The smallest absolute Gasteiger partial charge is 0.408 e. The highest BCUT2D eigenvalue weighted by atomic mass is 35.5. The first-order valence-electron chi connectivity index (χ1n) is 19.7. The molecule has 312 valence electrons. The van der Waals surface area contributed by atoms with Gasteiger partial charge in [-0.1, -0.05) is 54.3 Å². The van der Waals surface area contributed by atoms with E-state index in [-0.39, 0.29) is 53.5 Å². The normalized spacial score (nSPS) is 28.2. The second kappa shape index (κ2) is 16.0. The van der Waals surface area contributed by atoms with Crippen molar-refractivity contribution in [2.75, 3.05) is 19.6 Å². The van der Waals surface area contributed by atoms with E-state index < -0.39 is 80.1 Å². The van der Waals surface area contributed by atoms with Gasteiger partial charge < -0.3 is 30.3 Å². The van der Waals surface area contributed by atoms with Crippen LogP contribution in [0.5, 0.6) is 5.75 Å². The molecule has 4 fully saturated rings. The van der Waals surface area contributed by atoms with Gasteiger partial charge in [0.2, 0.25) is 21.8 Å². The number of fused-ring (bicyclic) bond motifs is 4. The number of aromatic nitrogens is 1. The number of halogens is 2. The van der Waals surface area contributed by atoms with Crippen molar-refractivity contribution < 1.29 is 42.2 Å². The summed E-state index contributed by atoms with van der Waals surface area (Å²) in [6.45, 7) is 5.46. The lowest BCUT2D eigenvalue weighted by atomic mass is 9.93. The molecule has 0 bridgehead atoms. The van der Waals surface area contributed by atoms with Crippen LogP contribution in [-0.4, -0.2) is 106 Å². The zero-order valence-electron chi connectivity index (χ0n) is 32.5. The van der Waals surface area contributed by atoms with E-state index in [1.807, 2.05) is 12.2 Å². The minimum absolute atomic E-state index is 0.0189. The minimum atomic E-state index is -3.94. The summed E-state index contributed by atoms with van der Waals surface area (Å²) in [5.74, 6) is -4.08. The molecular formula is C40H48Cl2N6O9S. The molecule has 3 aliphatic heterocycles. The number of hydrogen-bond donors (Lipinski definition) is 4. The monoisotopic (exact) mass is 858 g/mol. The van der Waals surface area contributed by atoms with Gasteiger partial charge in [0, 0.05) is 43.0 Å². The fourth-order valence-corrected chi connectivity index (χ4v) is 10.1. The first kappa shape index (κ1) is 41.7. The molecule has 7 rings (SSSR count). The maximum absolute atomic E-state index is 14.7. The molecule has 2 aliphatic carbocycles. The van der Waals surface area contributed by atoms with E-state index in [0.717, 1.165) is 12.8 Å². The van der Waals surface area contributed by atoms with Gasteiger partial charge in [-0.3, -0.25) is 23.9 Å². The van der Waals surface area contributed by atoms with Gasteiger partial charge in [0.25, 0.3) is 11.8 Å². The number of sulfonamides is 1. The van der Waals surface area contributed by atoms with E-state index in [4.69, 9.17) is 27.9 Å². The van der Waals surface area contributed by atoms with Crippen LogP contribution in [0.1, 0.15) is 82.6 Å². The molecule has 4 heterocycles. The zero-order valence-corrected chi connectivity index (χ0v) is 34.8. The summed E-state index contributed by atoms with van der Waals surface area (Å²) in [5, 5.41) is 15.0. The van der Waals surface area contributed by atoms with E-state index in [1.54, 1.807) is 43.9 Å². The summed E-state index contributed by atoms with van der Waals surface area (Å²) in [5.41, 5.74) is -1.42. The van der Waals surface area contributed by atoms with Crippen LogP contribution in [0.25, 0.3) is 11.3 Å². The number of aromatic hydroxyl groups is 1. The molecule has 0 radical (unpaired) electrons. The standard InChI is InChI=1S/C40H48Cl2N6O9S/c1-39(2,3)57-38(54)44-31-11-8-6-4-5-7-10-24-18-40(24,37(53)46-58(55,56)25-14-15-25)45-34(50)32-26-21-47(19-23(26)20-48(32)36(31)52)35(51)30-13-9-12-29(43-30)22-16-27(41)33(49)28(42)17-22/h7,9-10,12-13,16-17,23-26,31-32,49H,4-6,8,11,14-15,18-21H2,1-3H3,(H,44,54)(H,45,50)(H,46,53)/b10-7-/t23-,24+,26-,31-,32-,40-/m0/s1. The quantitative estimate of drug-likeness (QED) is 0.298. The number of nitrogens with one attached hydrogen (secondary N) is 3. The summed E-state index contributed by atoms with van der Waals surface area (Å²) < 4.78 is 33.5. The number of benzene rings is 1. The number of alkyl carbamates (subject to hydrolysis) is 1. The zero-order chi connectivity index (χ0) is 41.7. The average Bonchev–Trinajstić information content (AvgIpc) is 4.05. The molecule has 18 heteroatoms. The van der Waals surface area contributed by atoms with Gasteiger partial charge in [0.15, 0.2) is 5.75 Å². The number of phenols is 1. The third-order valence-corrected chi connectivity index (χ3v) is 13.9. The van der Waals surface area contributed by atoms with E-state index in [1.165, 1.54) is 17.0 Å². The Morgan fingerprint density at radius 2 is 1.74 bits per heavy atom. The fraction of sp³-hybridized carbons (Fsp3) is 0.550. The topological polar surface area (TPSA) is 204 Å². The molecule has 5 amide bonds. The maximum atomic E-state index is 14.7. The van der Waals surface area contributed by atoms with Gasteiger partial charge in [-0.05, 0) is 83.6 Å². The molecular weight excluding hydrogens is 811 g/mol. The summed E-state index contributed by atoms with van der Waals surface area (Å²) in [6.07, 6.45) is 7.12. The Labute approximate surface area is 347 Å². The number of phenolic OH excluding ortho intramolecular Hbond substituents is 1. The van der Waals surface area contributed by atoms with Gasteiger partial charge in [-0.25, -0.2) is 18.2 Å². The van der Waals surface area contributed by atoms with Crippen LogP contribution in [-0.2, 0) is 29.1 Å². The SMILES string of the molecule is CC(C)(C)OC(=O)N[C@H]1CCCCC/C=C\[C@@H]2C[C@]2(C(=O)NS(=O)(=O)C2CC2)NC(=O)[C@@H]2[C@H]3CN(C(=O)c4cccc(-c5cc(Cl)c(O)c(Cl)c5)n4)C[C@H]3CN2C1=O. The van der Waals surface area contributed by atoms with E-state index in [9.17, 15) is 37.5 Å². The molecule has 2 aromatic rings. The Kier molecular flexibility index (Phi) is 11.5. The van der Waals surface area contributed by atoms with Crippen molar-refractivity contribution in [1.29, 1.82) is 0 Å². The fourth-order valence-electron chi connectivity index (χ4n) is 8.28. The van der Waals surface area contributed by atoms with Gasteiger partial charge in [-0.15, -0.1) is 0 Å². The van der Waals surface area contributed by atoms with Crippen molar-refractivity contribution in [3.05, 3.63) is 58.2 Å². The highest BCUT2D eigenvalue weighted by molar-refractivity contribution is 7.91. The lowest BCUT2D eigenvalue weighted by Gasteiger charge is -2.33. The number of pyridine rings is 1. The van der Waals surface area contributed by atoms with Crippen LogP contribution < -0.4 is 15.4 Å². The van der Waals surface area contributed by atoms with Gasteiger partial charge >= 0.3 is 6.09 Å². The van der Waals surface area contributed by atoms with Crippen LogP contribution in [0, 0.1) is 17.8 Å². The van der Waals surface area contributed by atoms with Crippen LogP contribution in [0.4, 0.5) is 4.79 Å². The number of nitrogens with zero attached hydrogens (tertiary/aromatic N) is 3. The van der Waals surface area contributed by atoms with Gasteiger partial charge in [-0.2, -0.15) is 0 Å². The molecule has 0 spiro atoms. The summed E-state index contributed by atoms with van der Waals surface area (Å²) >= 11 is 12.3. The van der Waals surface area contributed by atoms with Gasteiger partial charge in [0.05, 0.1) is 21.0 Å². The minimum Gasteiger partial charge on any atom is -0.505 e. The molecule has 1 aromatic carbocycles. The molecule has 4 N–H and O–H groups in total. The highest BCUT2D eigenvalue weighted by Crippen LogP contribution is 2.47. The van der Waals surface area contributed by atoms with Crippen LogP contribution in [0.15, 0.2) is 42.5 Å². The number of rotatable bonds is 6. The number of likely N-dealkylation sites (tertiary alicyclic amines) is 1. The molecule has 5 aliphatic rings. The number of carbonyl (C=O) groups is 5. The molecule has 6 atom stereocenters. The average molecular weight is 860 g/mol. The Morgan fingerprint density at radius 1 is 1.02 bits per heavy atom. The van der Waals surface area contributed by atoms with Crippen molar-refractivity contribution in [2.24, 2.45) is 17.8 Å². The van der Waals surface area contributed by atoms with E-state index in [0.29, 0.717) is 43.4 Å². The highest BCUT2D eigenvalue weighted by Gasteiger charge is 2.63. The Hall–Kier alpha value is -4.41. The Bertz CT molecular complexity index is 2140. The third-order valence-electron chi connectivity index (χ3n) is 11.5. The summed E-state index contributed by atoms with van der Waals surface area (Å²) in [6, 6.07) is 5.66. The lowest BCUT2D eigenvalue weighted by molar-refractivity contribution is -0.142. The molecule has 2 saturated heterocycles. The summed E-state index contributed by atoms with van der Waals surface area (Å²) in [4.78, 5) is 77.8. The number of allylic oxidation sites excluding steroid dienone is 1. The molecule has 15 nitrogen and oxygen atoms in total. The van der Waals surface area contributed by atoms with Crippen molar-refractivity contribution in [1.82, 2.24) is 30.1 Å². The number of carbonyl (C=O) groups excluding carboxylic acids is 5. The van der Waals surface area contributed by atoms with E-state index >= 15 is 0 Å². The van der Waals surface area contributed by atoms with Crippen LogP contribution >= 0.6 is 23.2 Å². The molecule has 2 saturated carbocycles. The number of amides is 5. The first-order valence-corrected chi connectivity index (χ1v) is 22.0. The van der Waals surface area contributed by atoms with Crippen LogP contribution in [0.3, 0.4) is 0 Å². The number of ether oxygens (including phenoxy) is 1. The van der Waals surface area contributed by atoms with Crippen molar-refractivity contribution in [3.8, 4) is 17.0 Å². The number of hydrogen-bond acceptors (Lipinski definition) is 10. The Morgan fingerprint density at radius 3 is 2.43 bits per heavy atom. The predicted molar refractivity (Wildman–Crippen MR) is 214 cm³/mol. The second-order valence-corrected chi connectivity index (χ2v) is 19.8. The predicted octanol–water partition coefficient (Wildman–Crippen LogP) is 4.56. The summed E-state index contributed by atoms with van der Waals surface area (Å²) in [7, 11) is -3.94. The largest absolute Gasteiger partial charge is 0.505 e. The van der Waals surface area contributed by atoms with Gasteiger partial charge in [0.1, 0.15) is 28.9 Å².